The number of amides is 1. The Morgan fingerprint density at radius 1 is 1.31 bits per heavy atom. The Hall–Kier alpha value is -3.00. The van der Waals surface area contributed by atoms with Gasteiger partial charge in [-0.25, -0.2) is 15.0 Å². The number of benzene rings is 1. The van der Waals surface area contributed by atoms with Gasteiger partial charge < -0.3 is 20.4 Å². The molecule has 1 aromatic carbocycles. The molecule has 2 aromatic heterocycles. The predicted octanol–water partition coefficient (Wildman–Crippen LogP) is 1.62. The summed E-state index contributed by atoms with van der Waals surface area (Å²) in [5.41, 5.74) is 7.74. The van der Waals surface area contributed by atoms with Crippen LogP contribution in [0.4, 0.5) is 5.82 Å². The van der Waals surface area contributed by atoms with Crippen molar-refractivity contribution < 1.29 is 9.53 Å². The van der Waals surface area contributed by atoms with Gasteiger partial charge in [-0.05, 0) is 12.8 Å². The number of primary amides is 1. The zero-order valence-corrected chi connectivity index (χ0v) is 14.5. The van der Waals surface area contributed by atoms with Crippen LogP contribution in [0.5, 0.6) is 0 Å². The molecule has 8 heteroatoms. The van der Waals surface area contributed by atoms with Crippen LogP contribution >= 0.6 is 0 Å². The van der Waals surface area contributed by atoms with Crippen molar-refractivity contribution in [3.63, 3.8) is 0 Å². The average molecular weight is 352 g/mol. The highest BCUT2D eigenvalue weighted by molar-refractivity contribution is 5.90. The fraction of sp³-hybridized carbons (Fsp3) is 0.333. The molecule has 1 atom stereocenters. The van der Waals surface area contributed by atoms with Crippen molar-refractivity contribution in [2.24, 2.45) is 5.73 Å². The average Bonchev–Trinajstić information content (AvgIpc) is 3.28. The van der Waals surface area contributed by atoms with Crippen LogP contribution in [0.1, 0.15) is 18.7 Å². The summed E-state index contributed by atoms with van der Waals surface area (Å²) in [6.45, 7) is 1.06. The Labute approximate surface area is 150 Å². The lowest BCUT2D eigenvalue weighted by atomic mass is 10.2. The molecule has 26 heavy (non-hydrogen) atoms. The minimum atomic E-state index is -0.370. The molecule has 1 saturated heterocycles. The molecule has 0 aliphatic carbocycles. The molecule has 3 heterocycles. The second kappa shape index (κ2) is 6.72. The third kappa shape index (κ3) is 2.88. The monoisotopic (exact) mass is 352 g/mol. The Balaban J connectivity index is 1.89. The number of fused-ring (bicyclic) bond motifs is 1. The van der Waals surface area contributed by atoms with Gasteiger partial charge in [0.2, 0.25) is 5.91 Å². The molecular formula is C18H20N6O2. The highest BCUT2D eigenvalue weighted by Gasteiger charge is 2.32. The summed E-state index contributed by atoms with van der Waals surface area (Å²) < 4.78 is 5.17. The van der Waals surface area contributed by atoms with Gasteiger partial charge in [0, 0.05) is 19.2 Å². The van der Waals surface area contributed by atoms with E-state index in [9.17, 15) is 4.79 Å². The standard InChI is InChI=1S/C18H20N6O2/c1-26-10-13-20-14-17(21-13)22-16(11-6-3-2-4-7-11)23-18(14)24-9-5-8-12(24)15(19)25/h2-4,6-7,12H,5,8-10H2,1H3,(H2,19,25)(H,20,21,22,23)/t12-/m1/s1. The summed E-state index contributed by atoms with van der Waals surface area (Å²) in [6, 6.07) is 9.34. The van der Waals surface area contributed by atoms with Crippen LogP contribution in [0.25, 0.3) is 22.6 Å². The third-order valence-electron chi connectivity index (χ3n) is 4.55. The summed E-state index contributed by atoms with van der Waals surface area (Å²) >= 11 is 0. The van der Waals surface area contributed by atoms with E-state index in [0.717, 1.165) is 18.4 Å². The van der Waals surface area contributed by atoms with Crippen LogP contribution in [0.2, 0.25) is 0 Å². The molecule has 0 spiro atoms. The largest absolute Gasteiger partial charge is 0.377 e. The van der Waals surface area contributed by atoms with Crippen LogP contribution in [-0.4, -0.2) is 45.5 Å². The molecular weight excluding hydrogens is 332 g/mol. The van der Waals surface area contributed by atoms with Crippen molar-refractivity contribution in [3.05, 3.63) is 36.2 Å². The van der Waals surface area contributed by atoms with E-state index in [4.69, 9.17) is 15.5 Å². The summed E-state index contributed by atoms with van der Waals surface area (Å²) in [7, 11) is 1.61. The van der Waals surface area contributed by atoms with Crippen molar-refractivity contribution in [1.29, 1.82) is 0 Å². The number of hydrogen-bond acceptors (Lipinski definition) is 6. The summed E-state index contributed by atoms with van der Waals surface area (Å²) in [5, 5.41) is 0. The molecule has 4 rings (SSSR count). The predicted molar refractivity (Wildman–Crippen MR) is 97.4 cm³/mol. The smallest absolute Gasteiger partial charge is 0.240 e. The van der Waals surface area contributed by atoms with Gasteiger partial charge in [0.1, 0.15) is 24.0 Å². The molecule has 1 aliphatic heterocycles. The number of aromatic amines is 1. The van der Waals surface area contributed by atoms with E-state index < -0.39 is 0 Å². The highest BCUT2D eigenvalue weighted by Crippen LogP contribution is 2.31. The topological polar surface area (TPSA) is 110 Å². The van der Waals surface area contributed by atoms with E-state index in [0.29, 0.717) is 41.8 Å². The second-order valence-corrected chi connectivity index (χ2v) is 6.31. The van der Waals surface area contributed by atoms with E-state index in [1.54, 1.807) is 7.11 Å². The molecule has 1 fully saturated rings. The number of H-pyrrole nitrogens is 1. The first-order chi connectivity index (χ1) is 12.7. The number of nitrogens with two attached hydrogens (primary N) is 1. The van der Waals surface area contributed by atoms with E-state index in [-0.39, 0.29) is 11.9 Å². The number of carbonyl (C=O) groups excluding carboxylic acids is 1. The Bertz CT molecular complexity index is 940. The van der Waals surface area contributed by atoms with Crippen molar-refractivity contribution in [3.8, 4) is 11.4 Å². The number of nitrogens with zero attached hydrogens (tertiary/aromatic N) is 4. The quantitative estimate of drug-likeness (QED) is 0.722. The SMILES string of the molecule is COCc1nc2nc(-c3ccccc3)nc(N3CCC[C@@H]3C(N)=O)c2[nH]1. The normalized spacial score (nSPS) is 17.1. The van der Waals surface area contributed by atoms with Crippen molar-refractivity contribution in [1.82, 2.24) is 19.9 Å². The molecule has 1 amide bonds. The maximum absolute atomic E-state index is 11.9. The highest BCUT2D eigenvalue weighted by atomic mass is 16.5. The Morgan fingerprint density at radius 3 is 2.85 bits per heavy atom. The second-order valence-electron chi connectivity index (χ2n) is 6.31. The molecule has 1 aliphatic rings. The Kier molecular flexibility index (Phi) is 4.26. The van der Waals surface area contributed by atoms with Gasteiger partial charge in [-0.1, -0.05) is 30.3 Å². The number of nitrogens with one attached hydrogen (secondary N) is 1. The molecule has 0 bridgehead atoms. The fourth-order valence-electron chi connectivity index (χ4n) is 3.38. The zero-order chi connectivity index (χ0) is 18.1. The van der Waals surface area contributed by atoms with E-state index in [1.165, 1.54) is 0 Å². The van der Waals surface area contributed by atoms with Gasteiger partial charge in [0.15, 0.2) is 17.3 Å². The minimum Gasteiger partial charge on any atom is -0.377 e. The minimum absolute atomic E-state index is 0.341. The van der Waals surface area contributed by atoms with Gasteiger partial charge in [0.05, 0.1) is 0 Å². The first-order valence-corrected chi connectivity index (χ1v) is 8.54. The number of rotatable bonds is 5. The summed E-state index contributed by atoms with van der Waals surface area (Å²) in [4.78, 5) is 30.9. The molecule has 0 unspecified atom stereocenters. The van der Waals surface area contributed by atoms with Gasteiger partial charge in [-0.2, -0.15) is 0 Å². The number of imidazole rings is 1. The number of ether oxygens (including phenoxy) is 1. The van der Waals surface area contributed by atoms with Crippen LogP contribution in [0.3, 0.4) is 0 Å². The number of hydrogen-bond donors (Lipinski definition) is 2. The van der Waals surface area contributed by atoms with Gasteiger partial charge in [0.25, 0.3) is 0 Å². The lowest BCUT2D eigenvalue weighted by Crippen LogP contribution is -2.41. The lowest BCUT2D eigenvalue weighted by Gasteiger charge is -2.23. The maximum Gasteiger partial charge on any atom is 0.240 e. The first-order valence-electron chi connectivity index (χ1n) is 8.54. The molecule has 0 radical (unpaired) electrons. The van der Waals surface area contributed by atoms with Crippen molar-refractivity contribution >= 4 is 22.9 Å². The van der Waals surface area contributed by atoms with E-state index in [1.807, 2.05) is 35.2 Å². The van der Waals surface area contributed by atoms with Crippen LogP contribution in [0, 0.1) is 0 Å². The van der Waals surface area contributed by atoms with Gasteiger partial charge in [-0.3, -0.25) is 4.79 Å². The van der Waals surface area contributed by atoms with E-state index in [2.05, 4.69) is 15.0 Å². The molecule has 134 valence electrons. The number of anilines is 1. The fourth-order valence-corrected chi connectivity index (χ4v) is 3.38. The lowest BCUT2D eigenvalue weighted by molar-refractivity contribution is -0.119. The molecule has 3 aromatic rings. The zero-order valence-electron chi connectivity index (χ0n) is 14.5. The summed E-state index contributed by atoms with van der Waals surface area (Å²) in [5.74, 6) is 1.55. The third-order valence-corrected chi connectivity index (χ3v) is 4.55. The van der Waals surface area contributed by atoms with Crippen LogP contribution in [0.15, 0.2) is 30.3 Å². The van der Waals surface area contributed by atoms with E-state index >= 15 is 0 Å². The maximum atomic E-state index is 11.9. The number of carbonyl (C=O) groups is 1. The number of aromatic nitrogens is 4. The van der Waals surface area contributed by atoms with Crippen LogP contribution in [-0.2, 0) is 16.1 Å². The first kappa shape index (κ1) is 16.5. The summed E-state index contributed by atoms with van der Waals surface area (Å²) in [6.07, 6.45) is 1.61. The molecule has 8 nitrogen and oxygen atoms in total. The number of methoxy groups -OCH3 is 1. The van der Waals surface area contributed by atoms with Crippen LogP contribution < -0.4 is 10.6 Å². The van der Waals surface area contributed by atoms with Crippen molar-refractivity contribution in [2.75, 3.05) is 18.6 Å². The molecule has 0 saturated carbocycles. The Morgan fingerprint density at radius 2 is 2.12 bits per heavy atom. The molecule has 3 N–H and O–H groups in total. The van der Waals surface area contributed by atoms with Gasteiger partial charge >= 0.3 is 0 Å². The van der Waals surface area contributed by atoms with Gasteiger partial charge in [-0.15, -0.1) is 0 Å². The van der Waals surface area contributed by atoms with Crippen molar-refractivity contribution in [2.45, 2.75) is 25.5 Å².